The molecule has 2 fully saturated rings. The summed E-state index contributed by atoms with van der Waals surface area (Å²) in [5.41, 5.74) is 1.87. The minimum absolute atomic E-state index is 0.136. The lowest BCUT2D eigenvalue weighted by Gasteiger charge is -2.61. The third-order valence-corrected chi connectivity index (χ3v) is 5.47. The first-order chi connectivity index (χ1) is 11.1. The lowest BCUT2D eigenvalue weighted by Crippen LogP contribution is -2.69. The molecule has 0 aromatic carbocycles. The Morgan fingerprint density at radius 2 is 2.13 bits per heavy atom. The van der Waals surface area contributed by atoms with Gasteiger partial charge in [-0.2, -0.15) is 0 Å². The number of nitrogens with zero attached hydrogens (tertiary/aromatic N) is 3. The van der Waals surface area contributed by atoms with E-state index in [0.29, 0.717) is 12.0 Å². The molecule has 0 bridgehead atoms. The topological polar surface area (TPSA) is 46.8 Å². The van der Waals surface area contributed by atoms with Crippen LogP contribution in [0, 0.1) is 11.3 Å². The molecule has 0 radical (unpaired) electrons. The highest BCUT2D eigenvalue weighted by Crippen LogP contribution is 2.49. The minimum atomic E-state index is 0.136. The van der Waals surface area contributed by atoms with Gasteiger partial charge in [-0.3, -0.25) is 4.79 Å². The zero-order valence-corrected chi connectivity index (χ0v) is 13.7. The number of fused-ring (bicyclic) bond motifs is 1. The molecule has 4 heterocycles. The predicted molar refractivity (Wildman–Crippen MR) is 87.3 cm³/mol. The molecule has 4 rings (SSSR count). The Labute approximate surface area is 136 Å². The summed E-state index contributed by atoms with van der Waals surface area (Å²) >= 11 is 0. The standard InChI is InChI=1S/C18H23N3O2/c1-13(2)16-18(5-9-23-10-6-18)12-21(16)17(22)14-3-4-15-19-7-8-20(15)11-14/h3-4,7-8,11,13,16H,5-6,9-10,12H2,1-2H3. The van der Waals surface area contributed by atoms with Crippen LogP contribution in [0.2, 0.25) is 0 Å². The summed E-state index contributed by atoms with van der Waals surface area (Å²) in [6.45, 7) is 6.96. The van der Waals surface area contributed by atoms with Gasteiger partial charge in [0.1, 0.15) is 5.65 Å². The molecule has 0 saturated carbocycles. The first-order valence-corrected chi connectivity index (χ1v) is 8.42. The molecule has 1 spiro atoms. The second kappa shape index (κ2) is 5.34. The van der Waals surface area contributed by atoms with Crippen LogP contribution >= 0.6 is 0 Å². The van der Waals surface area contributed by atoms with Crippen LogP contribution in [0.1, 0.15) is 37.0 Å². The molecule has 5 heteroatoms. The van der Waals surface area contributed by atoms with Gasteiger partial charge in [0, 0.05) is 49.8 Å². The number of hydrogen-bond acceptors (Lipinski definition) is 3. The molecule has 2 aliphatic rings. The van der Waals surface area contributed by atoms with E-state index in [2.05, 4.69) is 23.7 Å². The van der Waals surface area contributed by atoms with Crippen LogP contribution in [-0.2, 0) is 4.74 Å². The number of carbonyl (C=O) groups is 1. The van der Waals surface area contributed by atoms with Crippen molar-refractivity contribution in [3.63, 3.8) is 0 Å². The molecule has 1 atom stereocenters. The van der Waals surface area contributed by atoms with Crippen molar-refractivity contribution in [2.45, 2.75) is 32.7 Å². The first-order valence-electron chi connectivity index (χ1n) is 8.42. The van der Waals surface area contributed by atoms with Crippen LogP contribution in [0.3, 0.4) is 0 Å². The number of rotatable bonds is 2. The van der Waals surface area contributed by atoms with E-state index in [1.807, 2.05) is 28.9 Å². The molecule has 2 aliphatic heterocycles. The Morgan fingerprint density at radius 3 is 2.87 bits per heavy atom. The number of hydrogen-bond donors (Lipinski definition) is 0. The Hall–Kier alpha value is -1.88. The smallest absolute Gasteiger partial charge is 0.255 e. The highest BCUT2D eigenvalue weighted by atomic mass is 16.5. The van der Waals surface area contributed by atoms with Gasteiger partial charge in [-0.1, -0.05) is 13.8 Å². The van der Waals surface area contributed by atoms with Crippen LogP contribution in [-0.4, -0.2) is 46.0 Å². The Balaban J connectivity index is 1.60. The van der Waals surface area contributed by atoms with Gasteiger partial charge in [0.2, 0.25) is 0 Å². The number of likely N-dealkylation sites (tertiary alicyclic amines) is 1. The third-order valence-electron chi connectivity index (χ3n) is 5.47. The van der Waals surface area contributed by atoms with Crippen LogP contribution in [0.25, 0.3) is 5.65 Å². The van der Waals surface area contributed by atoms with E-state index in [-0.39, 0.29) is 11.3 Å². The van der Waals surface area contributed by atoms with E-state index in [4.69, 9.17) is 4.74 Å². The van der Waals surface area contributed by atoms with Gasteiger partial charge < -0.3 is 14.0 Å². The van der Waals surface area contributed by atoms with E-state index in [9.17, 15) is 4.79 Å². The van der Waals surface area contributed by atoms with Gasteiger partial charge in [0.05, 0.1) is 5.56 Å². The lowest BCUT2D eigenvalue weighted by molar-refractivity contribution is -0.127. The van der Waals surface area contributed by atoms with Crippen LogP contribution < -0.4 is 0 Å². The molecule has 2 aromatic rings. The van der Waals surface area contributed by atoms with Crippen molar-refractivity contribution in [3.05, 3.63) is 36.3 Å². The maximum Gasteiger partial charge on any atom is 0.255 e. The number of aromatic nitrogens is 2. The molecular formula is C18H23N3O2. The first kappa shape index (κ1) is 14.7. The van der Waals surface area contributed by atoms with Crippen LogP contribution in [0.5, 0.6) is 0 Å². The van der Waals surface area contributed by atoms with Crippen molar-refractivity contribution in [2.75, 3.05) is 19.8 Å². The molecule has 122 valence electrons. The normalized spacial score (nSPS) is 23.4. The van der Waals surface area contributed by atoms with Gasteiger partial charge in [0.15, 0.2) is 0 Å². The lowest BCUT2D eigenvalue weighted by atomic mass is 9.62. The maximum atomic E-state index is 13.0. The second-order valence-electron chi connectivity index (χ2n) is 7.21. The number of amides is 1. The van der Waals surface area contributed by atoms with Gasteiger partial charge in [0.25, 0.3) is 5.91 Å². The van der Waals surface area contributed by atoms with Crippen LogP contribution in [0.4, 0.5) is 0 Å². The maximum absolute atomic E-state index is 13.0. The molecule has 2 saturated heterocycles. The van der Waals surface area contributed by atoms with Gasteiger partial charge in [-0.15, -0.1) is 0 Å². The van der Waals surface area contributed by atoms with E-state index < -0.39 is 0 Å². The van der Waals surface area contributed by atoms with Crippen molar-refractivity contribution < 1.29 is 9.53 Å². The van der Waals surface area contributed by atoms with Gasteiger partial charge in [-0.05, 0) is 30.9 Å². The fourth-order valence-electron chi connectivity index (χ4n) is 4.46. The van der Waals surface area contributed by atoms with Gasteiger partial charge >= 0.3 is 0 Å². The Kier molecular flexibility index (Phi) is 3.41. The Morgan fingerprint density at radius 1 is 1.35 bits per heavy atom. The quantitative estimate of drug-likeness (QED) is 0.856. The highest BCUT2D eigenvalue weighted by molar-refractivity contribution is 5.95. The van der Waals surface area contributed by atoms with Crippen molar-refractivity contribution in [1.82, 2.24) is 14.3 Å². The molecule has 0 N–H and O–H groups in total. The summed E-state index contributed by atoms with van der Waals surface area (Å²) < 4.78 is 7.44. The van der Waals surface area contributed by atoms with E-state index in [0.717, 1.165) is 43.8 Å². The fraction of sp³-hybridized carbons (Fsp3) is 0.556. The number of imidazole rings is 1. The predicted octanol–water partition coefficient (Wildman–Crippen LogP) is 2.61. The molecule has 23 heavy (non-hydrogen) atoms. The summed E-state index contributed by atoms with van der Waals surface area (Å²) in [4.78, 5) is 19.3. The summed E-state index contributed by atoms with van der Waals surface area (Å²) in [7, 11) is 0. The van der Waals surface area contributed by atoms with Crippen LogP contribution in [0.15, 0.2) is 30.7 Å². The molecule has 1 amide bonds. The average molecular weight is 313 g/mol. The van der Waals surface area contributed by atoms with Crippen molar-refractivity contribution in [3.8, 4) is 0 Å². The minimum Gasteiger partial charge on any atom is -0.381 e. The molecule has 1 unspecified atom stereocenters. The molecular weight excluding hydrogens is 290 g/mol. The zero-order valence-electron chi connectivity index (χ0n) is 13.7. The van der Waals surface area contributed by atoms with E-state index in [1.54, 1.807) is 6.20 Å². The van der Waals surface area contributed by atoms with Gasteiger partial charge in [-0.25, -0.2) is 4.98 Å². The Bertz CT molecular complexity index is 731. The molecule has 2 aromatic heterocycles. The average Bonchev–Trinajstić information content (AvgIpc) is 3.00. The number of ether oxygens (including phenoxy) is 1. The fourth-order valence-corrected chi connectivity index (χ4v) is 4.46. The van der Waals surface area contributed by atoms with E-state index >= 15 is 0 Å². The van der Waals surface area contributed by atoms with Crippen molar-refractivity contribution in [2.24, 2.45) is 11.3 Å². The van der Waals surface area contributed by atoms with E-state index in [1.165, 1.54) is 0 Å². The summed E-state index contributed by atoms with van der Waals surface area (Å²) in [5.74, 6) is 0.596. The summed E-state index contributed by atoms with van der Waals surface area (Å²) in [6, 6.07) is 4.11. The second-order valence-corrected chi connectivity index (χ2v) is 7.21. The number of carbonyl (C=O) groups excluding carboxylic acids is 1. The third kappa shape index (κ3) is 2.26. The molecule has 0 aliphatic carbocycles. The monoisotopic (exact) mass is 313 g/mol. The molecule has 5 nitrogen and oxygen atoms in total. The summed E-state index contributed by atoms with van der Waals surface area (Å²) in [5, 5.41) is 0. The van der Waals surface area contributed by atoms with Crippen molar-refractivity contribution in [1.29, 1.82) is 0 Å². The number of pyridine rings is 1. The largest absolute Gasteiger partial charge is 0.381 e. The highest BCUT2D eigenvalue weighted by Gasteiger charge is 2.55. The zero-order chi connectivity index (χ0) is 16.0. The SMILES string of the molecule is CC(C)C1N(C(=O)c2ccc3nccn3c2)CC12CCOCC2. The van der Waals surface area contributed by atoms with Crippen molar-refractivity contribution >= 4 is 11.6 Å². The summed E-state index contributed by atoms with van der Waals surface area (Å²) in [6.07, 6.45) is 7.65.